The highest BCUT2D eigenvalue weighted by Gasteiger charge is 2.45. The van der Waals surface area contributed by atoms with Gasteiger partial charge in [0, 0.05) is 19.0 Å². The summed E-state index contributed by atoms with van der Waals surface area (Å²) in [5, 5.41) is 0. The lowest BCUT2D eigenvalue weighted by atomic mass is 9.86. The number of amides is 1. The average molecular weight is 265 g/mol. The quantitative estimate of drug-likeness (QED) is 0.716. The van der Waals surface area contributed by atoms with E-state index in [2.05, 4.69) is 0 Å². The SMILES string of the molecule is COC(=O)[C@H]1CCCN(C(=O)C2CC3CCC2C3)C1. The minimum atomic E-state index is -0.162. The molecule has 0 aromatic carbocycles. The molecule has 0 spiro atoms. The number of ether oxygens (including phenoxy) is 1. The summed E-state index contributed by atoms with van der Waals surface area (Å²) in [6.45, 7) is 1.39. The normalized spacial score (nSPS) is 37.4. The van der Waals surface area contributed by atoms with Crippen molar-refractivity contribution in [1.29, 1.82) is 0 Å². The van der Waals surface area contributed by atoms with Gasteiger partial charge in [-0.1, -0.05) is 6.42 Å². The van der Waals surface area contributed by atoms with Gasteiger partial charge in [0.05, 0.1) is 13.0 Å². The zero-order valence-electron chi connectivity index (χ0n) is 11.6. The molecule has 1 aliphatic heterocycles. The maximum absolute atomic E-state index is 12.6. The zero-order valence-corrected chi connectivity index (χ0v) is 11.6. The molecule has 0 aromatic heterocycles. The minimum Gasteiger partial charge on any atom is -0.469 e. The van der Waals surface area contributed by atoms with Crippen molar-refractivity contribution in [1.82, 2.24) is 4.90 Å². The molecule has 3 unspecified atom stereocenters. The maximum atomic E-state index is 12.6. The van der Waals surface area contributed by atoms with Gasteiger partial charge >= 0.3 is 5.97 Å². The molecule has 0 N–H and O–H groups in total. The molecule has 2 saturated carbocycles. The number of esters is 1. The van der Waals surface area contributed by atoms with E-state index in [1.807, 2.05) is 4.90 Å². The average Bonchev–Trinajstić information content (AvgIpc) is 3.08. The molecule has 2 aliphatic carbocycles. The van der Waals surface area contributed by atoms with E-state index in [0.29, 0.717) is 18.4 Å². The molecule has 4 nitrogen and oxygen atoms in total. The number of nitrogens with zero attached hydrogens (tertiary/aromatic N) is 1. The molecule has 2 bridgehead atoms. The minimum absolute atomic E-state index is 0.110. The number of piperidine rings is 1. The van der Waals surface area contributed by atoms with Crippen LogP contribution >= 0.6 is 0 Å². The number of carbonyl (C=O) groups is 2. The van der Waals surface area contributed by atoms with E-state index < -0.39 is 0 Å². The van der Waals surface area contributed by atoms with Crippen LogP contribution in [0.4, 0.5) is 0 Å². The summed E-state index contributed by atoms with van der Waals surface area (Å²) < 4.78 is 4.82. The van der Waals surface area contributed by atoms with Crippen LogP contribution in [0.25, 0.3) is 0 Å². The van der Waals surface area contributed by atoms with Crippen molar-refractivity contribution in [2.45, 2.75) is 38.5 Å². The van der Waals surface area contributed by atoms with Crippen molar-refractivity contribution in [3.8, 4) is 0 Å². The highest BCUT2D eigenvalue weighted by Crippen LogP contribution is 2.49. The van der Waals surface area contributed by atoms with Crippen LogP contribution in [0.2, 0.25) is 0 Å². The van der Waals surface area contributed by atoms with Crippen LogP contribution in [0, 0.1) is 23.7 Å². The van der Waals surface area contributed by atoms with E-state index in [1.165, 1.54) is 26.4 Å². The zero-order chi connectivity index (χ0) is 13.4. The molecule has 3 rings (SSSR count). The van der Waals surface area contributed by atoms with Crippen molar-refractivity contribution >= 4 is 11.9 Å². The number of carbonyl (C=O) groups excluding carboxylic acids is 2. The van der Waals surface area contributed by atoms with Crippen molar-refractivity contribution in [3.63, 3.8) is 0 Å². The van der Waals surface area contributed by atoms with E-state index in [1.54, 1.807) is 0 Å². The second kappa shape index (κ2) is 5.14. The Kier molecular flexibility index (Phi) is 3.50. The van der Waals surface area contributed by atoms with E-state index in [4.69, 9.17) is 4.74 Å². The maximum Gasteiger partial charge on any atom is 0.310 e. The smallest absolute Gasteiger partial charge is 0.310 e. The Bertz CT molecular complexity index is 382. The molecule has 1 saturated heterocycles. The van der Waals surface area contributed by atoms with E-state index in [0.717, 1.165) is 31.7 Å². The van der Waals surface area contributed by atoms with Crippen LogP contribution in [0.1, 0.15) is 38.5 Å². The third-order valence-electron chi connectivity index (χ3n) is 5.32. The summed E-state index contributed by atoms with van der Waals surface area (Å²) in [6.07, 6.45) is 6.67. The Balaban J connectivity index is 1.62. The Morgan fingerprint density at radius 3 is 2.63 bits per heavy atom. The largest absolute Gasteiger partial charge is 0.469 e. The van der Waals surface area contributed by atoms with E-state index in [-0.39, 0.29) is 17.8 Å². The van der Waals surface area contributed by atoms with Gasteiger partial charge in [-0.3, -0.25) is 9.59 Å². The van der Waals surface area contributed by atoms with Gasteiger partial charge < -0.3 is 9.64 Å². The number of hydrogen-bond acceptors (Lipinski definition) is 3. The first-order valence-corrected chi connectivity index (χ1v) is 7.55. The first kappa shape index (κ1) is 12.9. The second-order valence-corrected chi connectivity index (χ2v) is 6.43. The monoisotopic (exact) mass is 265 g/mol. The molecular formula is C15H23NO3. The van der Waals surface area contributed by atoms with Crippen molar-refractivity contribution in [2.24, 2.45) is 23.7 Å². The Labute approximate surface area is 114 Å². The van der Waals surface area contributed by atoms with Gasteiger partial charge in [-0.25, -0.2) is 0 Å². The number of rotatable bonds is 2. The van der Waals surface area contributed by atoms with Gasteiger partial charge in [-0.05, 0) is 43.9 Å². The Morgan fingerprint density at radius 2 is 2.00 bits per heavy atom. The molecule has 3 aliphatic rings. The fourth-order valence-corrected chi connectivity index (χ4v) is 4.32. The number of hydrogen-bond donors (Lipinski definition) is 0. The summed E-state index contributed by atoms with van der Waals surface area (Å²) in [7, 11) is 1.43. The van der Waals surface area contributed by atoms with Crippen LogP contribution in [0.3, 0.4) is 0 Å². The second-order valence-electron chi connectivity index (χ2n) is 6.43. The van der Waals surface area contributed by atoms with Gasteiger partial charge in [-0.15, -0.1) is 0 Å². The standard InChI is InChI=1S/C15H23NO3/c1-19-15(18)12-3-2-6-16(9-12)14(17)13-8-10-4-5-11(13)7-10/h10-13H,2-9H2,1H3/t10?,11?,12-,13?/m0/s1. The molecule has 0 aromatic rings. The van der Waals surface area contributed by atoms with Crippen LogP contribution in [-0.4, -0.2) is 37.0 Å². The molecular weight excluding hydrogens is 242 g/mol. The number of methoxy groups -OCH3 is 1. The van der Waals surface area contributed by atoms with Crippen molar-refractivity contribution in [2.75, 3.05) is 20.2 Å². The van der Waals surface area contributed by atoms with Gasteiger partial charge in [0.2, 0.25) is 5.91 Å². The highest BCUT2D eigenvalue weighted by atomic mass is 16.5. The van der Waals surface area contributed by atoms with Crippen molar-refractivity contribution < 1.29 is 14.3 Å². The predicted octanol–water partition coefficient (Wildman–Crippen LogP) is 1.83. The summed E-state index contributed by atoms with van der Waals surface area (Å²) in [5.41, 5.74) is 0. The first-order valence-electron chi connectivity index (χ1n) is 7.55. The van der Waals surface area contributed by atoms with Crippen LogP contribution in [0.15, 0.2) is 0 Å². The van der Waals surface area contributed by atoms with Gasteiger partial charge in [-0.2, -0.15) is 0 Å². The lowest BCUT2D eigenvalue weighted by molar-refractivity contribution is -0.150. The Morgan fingerprint density at radius 1 is 1.16 bits per heavy atom. The van der Waals surface area contributed by atoms with Crippen LogP contribution in [-0.2, 0) is 14.3 Å². The fraction of sp³-hybridized carbons (Fsp3) is 0.867. The van der Waals surface area contributed by atoms with Gasteiger partial charge in [0.25, 0.3) is 0 Å². The summed E-state index contributed by atoms with van der Waals surface area (Å²) in [4.78, 5) is 26.2. The Hall–Kier alpha value is -1.06. The summed E-state index contributed by atoms with van der Waals surface area (Å²) in [5.74, 6) is 1.69. The lowest BCUT2D eigenvalue weighted by Crippen LogP contribution is -2.46. The van der Waals surface area contributed by atoms with Crippen LogP contribution < -0.4 is 0 Å². The highest BCUT2D eigenvalue weighted by molar-refractivity contribution is 5.81. The van der Waals surface area contributed by atoms with E-state index >= 15 is 0 Å². The number of fused-ring (bicyclic) bond motifs is 2. The van der Waals surface area contributed by atoms with Crippen molar-refractivity contribution in [3.05, 3.63) is 0 Å². The molecule has 1 amide bonds. The first-order chi connectivity index (χ1) is 9.19. The van der Waals surface area contributed by atoms with E-state index in [9.17, 15) is 9.59 Å². The van der Waals surface area contributed by atoms with Crippen LogP contribution in [0.5, 0.6) is 0 Å². The third-order valence-corrected chi connectivity index (χ3v) is 5.32. The molecule has 0 radical (unpaired) electrons. The summed E-state index contributed by atoms with van der Waals surface area (Å²) >= 11 is 0. The van der Waals surface area contributed by atoms with Gasteiger partial charge in [0.15, 0.2) is 0 Å². The topological polar surface area (TPSA) is 46.6 Å². The predicted molar refractivity (Wildman–Crippen MR) is 70.3 cm³/mol. The van der Waals surface area contributed by atoms with Gasteiger partial charge in [0.1, 0.15) is 0 Å². The molecule has 19 heavy (non-hydrogen) atoms. The molecule has 3 fully saturated rings. The third kappa shape index (κ3) is 2.37. The number of likely N-dealkylation sites (tertiary alicyclic amines) is 1. The summed E-state index contributed by atoms with van der Waals surface area (Å²) in [6, 6.07) is 0. The molecule has 106 valence electrons. The lowest BCUT2D eigenvalue weighted by Gasteiger charge is -2.35. The fourth-order valence-electron chi connectivity index (χ4n) is 4.32. The molecule has 4 heteroatoms. The molecule has 4 atom stereocenters. The molecule has 1 heterocycles.